The third-order valence-electron chi connectivity index (χ3n) is 5.96. The molecule has 4 atom stereocenters. The van der Waals surface area contributed by atoms with Crippen molar-refractivity contribution in [3.05, 3.63) is 12.3 Å². The van der Waals surface area contributed by atoms with E-state index in [1.165, 1.54) is 10.9 Å². The molecule has 2 aliphatic rings. The molecule has 0 radical (unpaired) electrons. The van der Waals surface area contributed by atoms with Gasteiger partial charge in [-0.25, -0.2) is 13.1 Å². The predicted octanol–water partition coefficient (Wildman–Crippen LogP) is -0.674. The molecule has 14 nitrogen and oxygen atoms in total. The summed E-state index contributed by atoms with van der Waals surface area (Å²) in [6.45, 7) is -0.234. The Kier molecular flexibility index (Phi) is 7.69. The molecule has 2 aromatic rings. The number of pyridine rings is 1. The van der Waals surface area contributed by atoms with Gasteiger partial charge in [0.15, 0.2) is 27.2 Å². The number of aliphatic hydroxyl groups excluding tert-OH is 3. The predicted molar refractivity (Wildman–Crippen MR) is 123 cm³/mol. The lowest BCUT2D eigenvalue weighted by molar-refractivity contribution is -0.0365. The Bertz CT molecular complexity index is 1200. The maximum absolute atomic E-state index is 12.2. The fourth-order valence-electron chi connectivity index (χ4n) is 4.44. The number of anilines is 1. The van der Waals surface area contributed by atoms with Gasteiger partial charge in [-0.05, 0) is 12.8 Å². The van der Waals surface area contributed by atoms with Crippen LogP contribution < -0.4 is 10.1 Å². The molecule has 3 heterocycles. The van der Waals surface area contributed by atoms with E-state index in [1.807, 2.05) is 0 Å². The van der Waals surface area contributed by atoms with Crippen molar-refractivity contribution in [2.24, 2.45) is 0 Å². The number of ether oxygens (including phenoxy) is 2. The van der Waals surface area contributed by atoms with E-state index < -0.39 is 53.2 Å². The number of nitrogens with one attached hydrogen (secondary N) is 1. The van der Waals surface area contributed by atoms with Gasteiger partial charge in [-0.2, -0.15) is 10.1 Å². The Labute approximate surface area is 201 Å². The Morgan fingerprint density at radius 2 is 1.94 bits per heavy atom. The molecule has 0 amide bonds. The van der Waals surface area contributed by atoms with Crippen LogP contribution in [0.2, 0.25) is 0 Å². The average Bonchev–Trinajstić information content (AvgIpc) is 3.47. The Morgan fingerprint density at radius 1 is 1.23 bits per heavy atom. The van der Waals surface area contributed by atoms with Gasteiger partial charge in [0.1, 0.15) is 24.9 Å². The number of hydrogen-bond acceptors (Lipinski definition) is 11. The second-order valence-electron chi connectivity index (χ2n) is 8.78. The van der Waals surface area contributed by atoms with Crippen molar-refractivity contribution in [3.8, 4) is 5.88 Å². The highest BCUT2D eigenvalue weighted by Crippen LogP contribution is 2.39. The maximum atomic E-state index is 12.2. The molecule has 4 rings (SSSR count). The molecule has 1 aliphatic carbocycles. The van der Waals surface area contributed by atoms with Crippen LogP contribution in [0, 0.1) is 0 Å². The molecule has 196 valence electrons. The topological polar surface area (TPSA) is 214 Å². The van der Waals surface area contributed by atoms with Crippen LogP contribution in [0.5, 0.6) is 5.88 Å². The van der Waals surface area contributed by atoms with Crippen molar-refractivity contribution < 1.29 is 47.6 Å². The first kappa shape index (κ1) is 26.2. The molecule has 0 aromatic carbocycles. The van der Waals surface area contributed by atoms with Crippen molar-refractivity contribution in [1.82, 2.24) is 14.8 Å². The van der Waals surface area contributed by atoms with Crippen molar-refractivity contribution in [1.29, 1.82) is 0 Å². The molecule has 6 N–H and O–H groups in total. The number of aliphatic hydroxyl groups is 3. The van der Waals surface area contributed by atoms with Crippen LogP contribution >= 0.6 is 7.60 Å². The molecule has 1 saturated heterocycles. The van der Waals surface area contributed by atoms with Gasteiger partial charge in [0, 0.05) is 12.1 Å². The summed E-state index contributed by atoms with van der Waals surface area (Å²) in [5.74, 6) is -0.721. The number of aromatic nitrogens is 3. The standard InChI is InChI=1S/C19H29N4O10PS/c24-5-6-32-15-7-13(21-11-3-1-2-4-11)12-8-20-23(18(12)22-15)19-17(26)16(25)14(33-19)9-35(30,31)10-34(27,28)29/h7-8,11,14,16-17,19,24-26H,1-6,9-10H2,(H,21,22)(H2,27,28,29)/t14-,16-,17-,19-/m1/s1. The van der Waals surface area contributed by atoms with Crippen LogP contribution in [-0.2, 0) is 19.1 Å². The zero-order valence-electron chi connectivity index (χ0n) is 18.7. The summed E-state index contributed by atoms with van der Waals surface area (Å²) in [4.78, 5) is 22.4. The minimum absolute atomic E-state index is 0.00369. The van der Waals surface area contributed by atoms with E-state index in [9.17, 15) is 23.2 Å². The molecular weight excluding hydrogens is 507 g/mol. The summed E-state index contributed by atoms with van der Waals surface area (Å²) in [5.41, 5.74) is -0.493. The number of rotatable bonds is 10. The molecule has 16 heteroatoms. The summed E-state index contributed by atoms with van der Waals surface area (Å²) >= 11 is 0. The summed E-state index contributed by atoms with van der Waals surface area (Å²) < 4.78 is 47.8. The van der Waals surface area contributed by atoms with E-state index in [2.05, 4.69) is 15.4 Å². The van der Waals surface area contributed by atoms with Gasteiger partial charge in [-0.15, -0.1) is 0 Å². The Balaban J connectivity index is 1.63. The van der Waals surface area contributed by atoms with Gasteiger partial charge < -0.3 is 39.9 Å². The second kappa shape index (κ2) is 10.3. The van der Waals surface area contributed by atoms with Gasteiger partial charge in [-0.1, -0.05) is 12.8 Å². The van der Waals surface area contributed by atoms with E-state index in [4.69, 9.17) is 24.4 Å². The van der Waals surface area contributed by atoms with Crippen molar-refractivity contribution in [3.63, 3.8) is 0 Å². The van der Waals surface area contributed by atoms with Gasteiger partial charge in [0.25, 0.3) is 0 Å². The Hall–Kier alpha value is -1.84. The lowest BCUT2D eigenvalue weighted by Gasteiger charge is -2.18. The summed E-state index contributed by atoms with van der Waals surface area (Å²) in [5, 5.41) is 38.4. The first-order chi connectivity index (χ1) is 16.5. The fourth-order valence-corrected chi connectivity index (χ4v) is 7.69. The smallest absolute Gasteiger partial charge is 0.340 e. The van der Waals surface area contributed by atoms with Crippen molar-refractivity contribution in [2.75, 3.05) is 29.8 Å². The molecule has 0 unspecified atom stereocenters. The first-order valence-corrected chi connectivity index (χ1v) is 14.7. The van der Waals surface area contributed by atoms with Crippen LogP contribution in [0.25, 0.3) is 11.0 Å². The minimum atomic E-state index is -4.86. The van der Waals surface area contributed by atoms with E-state index in [0.717, 1.165) is 25.7 Å². The average molecular weight is 537 g/mol. The first-order valence-electron chi connectivity index (χ1n) is 11.1. The quantitative estimate of drug-likeness (QED) is 0.208. The molecule has 1 aliphatic heterocycles. The molecular formula is C19H29N4O10PS. The number of sulfone groups is 1. The van der Waals surface area contributed by atoms with Gasteiger partial charge in [0.05, 0.1) is 29.6 Å². The van der Waals surface area contributed by atoms with Gasteiger partial charge in [0.2, 0.25) is 5.88 Å². The van der Waals surface area contributed by atoms with Crippen LogP contribution in [0.15, 0.2) is 12.3 Å². The van der Waals surface area contributed by atoms with E-state index in [0.29, 0.717) is 11.1 Å². The highest BCUT2D eigenvalue weighted by atomic mass is 32.2. The molecule has 1 saturated carbocycles. The van der Waals surface area contributed by atoms with Crippen LogP contribution in [0.4, 0.5) is 5.69 Å². The number of nitrogens with zero attached hydrogens (tertiary/aromatic N) is 3. The van der Waals surface area contributed by atoms with Crippen molar-refractivity contribution >= 4 is 34.2 Å². The molecule has 2 fully saturated rings. The zero-order chi connectivity index (χ0) is 25.4. The monoisotopic (exact) mass is 536 g/mol. The lowest BCUT2D eigenvalue weighted by Crippen LogP contribution is -2.36. The fraction of sp³-hybridized carbons (Fsp3) is 0.684. The van der Waals surface area contributed by atoms with Gasteiger partial charge in [-0.3, -0.25) is 4.57 Å². The SMILES string of the molecule is O=P(O)(O)CS(=O)(=O)C[C@H]1O[C@@H](n2ncc3c(NC4CCCC4)cc(OCCO)nc32)[C@H](O)[C@@H]1O. The summed E-state index contributed by atoms with van der Waals surface area (Å²) in [7, 11) is -9.17. The number of fused-ring (bicyclic) bond motifs is 1. The molecule has 2 aromatic heterocycles. The van der Waals surface area contributed by atoms with Crippen molar-refractivity contribution in [2.45, 2.75) is 56.3 Å². The molecule has 35 heavy (non-hydrogen) atoms. The highest BCUT2D eigenvalue weighted by Gasteiger charge is 2.47. The molecule has 0 bridgehead atoms. The van der Waals surface area contributed by atoms with Gasteiger partial charge >= 0.3 is 7.60 Å². The third-order valence-corrected chi connectivity index (χ3v) is 9.72. The Morgan fingerprint density at radius 3 is 2.60 bits per heavy atom. The summed E-state index contributed by atoms with van der Waals surface area (Å²) in [6, 6.07) is 1.92. The van der Waals surface area contributed by atoms with E-state index in [1.54, 1.807) is 6.07 Å². The molecule has 0 spiro atoms. The second-order valence-corrected chi connectivity index (χ2v) is 13.0. The van der Waals surface area contributed by atoms with E-state index in [-0.39, 0.29) is 30.8 Å². The van der Waals surface area contributed by atoms with Crippen LogP contribution in [-0.4, -0.2) is 97.1 Å². The van der Waals surface area contributed by atoms with E-state index >= 15 is 0 Å². The lowest BCUT2D eigenvalue weighted by atomic mass is 10.1. The minimum Gasteiger partial charge on any atom is -0.475 e. The summed E-state index contributed by atoms with van der Waals surface area (Å²) in [6.07, 6.45) is -0.336. The van der Waals surface area contributed by atoms with Crippen LogP contribution in [0.3, 0.4) is 0 Å². The zero-order valence-corrected chi connectivity index (χ0v) is 20.4. The highest BCUT2D eigenvalue weighted by molar-refractivity contribution is 7.97. The van der Waals surface area contributed by atoms with Crippen LogP contribution in [0.1, 0.15) is 31.9 Å². The number of hydrogen-bond donors (Lipinski definition) is 6. The third kappa shape index (κ3) is 6.12. The normalized spacial score (nSPS) is 26.0. The maximum Gasteiger partial charge on any atom is 0.340 e. The largest absolute Gasteiger partial charge is 0.475 e.